The number of aromatic nitrogens is 2. The van der Waals surface area contributed by atoms with Crippen LogP contribution in [-0.2, 0) is 9.53 Å². The van der Waals surface area contributed by atoms with Crippen molar-refractivity contribution in [1.82, 2.24) is 15.5 Å². The van der Waals surface area contributed by atoms with Crippen molar-refractivity contribution in [3.63, 3.8) is 0 Å². The summed E-state index contributed by atoms with van der Waals surface area (Å²) in [5.74, 6) is 0.607. The largest absolute Gasteiger partial charge is 0.465 e. The Kier molecular flexibility index (Phi) is 7.86. The van der Waals surface area contributed by atoms with Crippen LogP contribution in [-0.4, -0.2) is 46.9 Å². The smallest absolute Gasteiger partial charge is 0.326 e. The predicted octanol–water partition coefficient (Wildman–Crippen LogP) is 2.67. The van der Waals surface area contributed by atoms with E-state index in [9.17, 15) is 4.79 Å². The van der Waals surface area contributed by atoms with Gasteiger partial charge in [-0.1, -0.05) is 41.8 Å². The molecule has 0 spiro atoms. The number of esters is 1. The van der Waals surface area contributed by atoms with Gasteiger partial charge in [0.2, 0.25) is 0 Å². The predicted molar refractivity (Wildman–Crippen MR) is 85.7 cm³/mol. The standard InChI is InChI=1S/C12H21N3O2S3/c1-5-13-12(3,9(16)17-6-2)7-8-19-11-15-14-10(18-4)20-11/h13H,5-8H2,1-4H3. The van der Waals surface area contributed by atoms with Crippen molar-refractivity contribution in [2.24, 2.45) is 0 Å². The average Bonchev–Trinajstić information content (AvgIpc) is 2.87. The normalized spacial score (nSPS) is 14.0. The monoisotopic (exact) mass is 335 g/mol. The highest BCUT2D eigenvalue weighted by molar-refractivity contribution is 8.02. The van der Waals surface area contributed by atoms with E-state index < -0.39 is 5.54 Å². The summed E-state index contributed by atoms with van der Waals surface area (Å²) in [6.07, 6.45) is 2.68. The number of nitrogens with one attached hydrogen (secondary N) is 1. The third-order valence-corrected chi connectivity index (χ3v) is 5.72. The Morgan fingerprint density at radius 3 is 2.65 bits per heavy atom. The lowest BCUT2D eigenvalue weighted by Crippen LogP contribution is -2.50. The number of rotatable bonds is 9. The van der Waals surface area contributed by atoms with Crippen LogP contribution < -0.4 is 5.32 Å². The molecular weight excluding hydrogens is 314 g/mol. The molecule has 0 aliphatic rings. The Balaban J connectivity index is 2.51. The van der Waals surface area contributed by atoms with E-state index in [1.807, 2.05) is 27.0 Å². The van der Waals surface area contributed by atoms with Crippen LogP contribution >= 0.6 is 34.9 Å². The fourth-order valence-electron chi connectivity index (χ4n) is 1.62. The molecule has 0 radical (unpaired) electrons. The average molecular weight is 336 g/mol. The Hall–Kier alpha value is -0.310. The lowest BCUT2D eigenvalue weighted by atomic mass is 9.99. The van der Waals surface area contributed by atoms with Gasteiger partial charge in [-0.05, 0) is 33.1 Å². The van der Waals surface area contributed by atoms with Crippen LogP contribution in [0.5, 0.6) is 0 Å². The van der Waals surface area contributed by atoms with Gasteiger partial charge in [0.25, 0.3) is 0 Å². The molecule has 5 nitrogen and oxygen atoms in total. The number of hydrogen-bond acceptors (Lipinski definition) is 8. The summed E-state index contributed by atoms with van der Waals surface area (Å²) in [4.78, 5) is 12.0. The van der Waals surface area contributed by atoms with Crippen molar-refractivity contribution < 1.29 is 9.53 Å². The molecule has 20 heavy (non-hydrogen) atoms. The molecule has 1 aromatic rings. The third kappa shape index (κ3) is 5.23. The summed E-state index contributed by atoms with van der Waals surface area (Å²) in [6.45, 7) is 6.84. The van der Waals surface area contributed by atoms with Gasteiger partial charge in [-0.2, -0.15) is 0 Å². The molecule has 0 saturated heterocycles. The molecule has 1 unspecified atom stereocenters. The van der Waals surface area contributed by atoms with Crippen LogP contribution in [0.15, 0.2) is 8.68 Å². The maximum Gasteiger partial charge on any atom is 0.326 e. The molecule has 1 heterocycles. The van der Waals surface area contributed by atoms with E-state index in [0.717, 1.165) is 21.0 Å². The van der Waals surface area contributed by atoms with Gasteiger partial charge in [0.1, 0.15) is 5.54 Å². The summed E-state index contributed by atoms with van der Waals surface area (Å²) >= 11 is 4.80. The van der Waals surface area contributed by atoms with Gasteiger partial charge < -0.3 is 10.1 Å². The maximum absolute atomic E-state index is 12.0. The first-order chi connectivity index (χ1) is 9.55. The SMILES string of the molecule is CCNC(C)(CCSc1nnc(SC)s1)C(=O)OCC. The van der Waals surface area contributed by atoms with E-state index in [2.05, 4.69) is 15.5 Å². The number of thioether (sulfide) groups is 2. The molecule has 0 amide bonds. The Morgan fingerprint density at radius 1 is 1.40 bits per heavy atom. The van der Waals surface area contributed by atoms with Crippen molar-refractivity contribution >= 4 is 40.8 Å². The second kappa shape index (κ2) is 8.86. The minimum absolute atomic E-state index is 0.190. The zero-order valence-corrected chi connectivity index (χ0v) is 14.7. The van der Waals surface area contributed by atoms with Crippen molar-refractivity contribution in [3.05, 3.63) is 0 Å². The molecule has 8 heteroatoms. The van der Waals surface area contributed by atoms with Gasteiger partial charge in [-0.25, -0.2) is 0 Å². The Bertz CT molecular complexity index is 428. The first-order valence-corrected chi connectivity index (χ1v) is 9.51. The van der Waals surface area contributed by atoms with E-state index in [1.165, 1.54) is 0 Å². The van der Waals surface area contributed by atoms with Crippen LogP contribution in [0, 0.1) is 0 Å². The first kappa shape index (κ1) is 17.7. The molecule has 0 aliphatic carbocycles. The zero-order valence-electron chi connectivity index (χ0n) is 12.3. The summed E-state index contributed by atoms with van der Waals surface area (Å²) in [6, 6.07) is 0. The minimum Gasteiger partial charge on any atom is -0.465 e. The summed E-state index contributed by atoms with van der Waals surface area (Å²) in [5, 5.41) is 11.4. The molecule has 1 N–H and O–H groups in total. The zero-order chi connectivity index (χ0) is 15.0. The number of nitrogens with zero attached hydrogens (tertiary/aromatic N) is 2. The summed E-state index contributed by atoms with van der Waals surface area (Å²) in [5.41, 5.74) is -0.634. The van der Waals surface area contributed by atoms with Crippen molar-refractivity contribution in [2.45, 2.75) is 41.4 Å². The molecule has 0 saturated carbocycles. The van der Waals surface area contributed by atoms with Gasteiger partial charge in [-0.3, -0.25) is 4.79 Å². The number of ether oxygens (including phenoxy) is 1. The van der Waals surface area contributed by atoms with Crippen LogP contribution in [0.2, 0.25) is 0 Å². The molecule has 0 aromatic carbocycles. The summed E-state index contributed by atoms with van der Waals surface area (Å²) in [7, 11) is 0. The highest BCUT2D eigenvalue weighted by Gasteiger charge is 2.33. The van der Waals surface area contributed by atoms with Gasteiger partial charge in [-0.15, -0.1) is 10.2 Å². The minimum atomic E-state index is -0.634. The Morgan fingerprint density at radius 2 is 2.10 bits per heavy atom. The highest BCUT2D eigenvalue weighted by Crippen LogP contribution is 2.29. The van der Waals surface area contributed by atoms with Crippen LogP contribution in [0.25, 0.3) is 0 Å². The quantitative estimate of drug-likeness (QED) is 0.550. The van der Waals surface area contributed by atoms with Gasteiger partial charge in [0.15, 0.2) is 8.68 Å². The topological polar surface area (TPSA) is 64.1 Å². The van der Waals surface area contributed by atoms with Crippen molar-refractivity contribution in [1.29, 1.82) is 0 Å². The van der Waals surface area contributed by atoms with E-state index in [4.69, 9.17) is 4.74 Å². The molecule has 0 fully saturated rings. The number of carbonyl (C=O) groups excluding carboxylic acids is 1. The molecule has 0 aliphatic heterocycles. The van der Waals surface area contributed by atoms with Crippen LogP contribution in [0.4, 0.5) is 0 Å². The molecule has 0 bridgehead atoms. The molecule has 1 aromatic heterocycles. The highest BCUT2D eigenvalue weighted by atomic mass is 32.2. The van der Waals surface area contributed by atoms with E-state index >= 15 is 0 Å². The van der Waals surface area contributed by atoms with Crippen LogP contribution in [0.3, 0.4) is 0 Å². The molecule has 1 atom stereocenters. The van der Waals surface area contributed by atoms with E-state index in [0.29, 0.717) is 13.0 Å². The molecular formula is C12H21N3O2S3. The van der Waals surface area contributed by atoms with Crippen molar-refractivity contribution in [3.8, 4) is 0 Å². The van der Waals surface area contributed by atoms with E-state index in [1.54, 1.807) is 34.9 Å². The Labute approximate surface area is 132 Å². The number of hydrogen-bond donors (Lipinski definition) is 1. The van der Waals surface area contributed by atoms with Crippen LogP contribution in [0.1, 0.15) is 27.2 Å². The fourth-order valence-corrected chi connectivity index (χ4v) is 4.29. The first-order valence-electron chi connectivity index (χ1n) is 6.48. The van der Waals surface area contributed by atoms with Gasteiger partial charge in [0, 0.05) is 5.75 Å². The van der Waals surface area contributed by atoms with E-state index in [-0.39, 0.29) is 5.97 Å². The molecule has 1 rings (SSSR count). The lowest BCUT2D eigenvalue weighted by molar-refractivity contribution is -0.150. The third-order valence-electron chi connectivity index (χ3n) is 2.68. The molecule has 114 valence electrons. The second-order valence-electron chi connectivity index (χ2n) is 4.22. The fraction of sp³-hybridized carbons (Fsp3) is 0.750. The second-order valence-corrected chi connectivity index (χ2v) is 7.59. The summed E-state index contributed by atoms with van der Waals surface area (Å²) < 4.78 is 7.05. The van der Waals surface area contributed by atoms with Gasteiger partial charge in [0.05, 0.1) is 6.61 Å². The van der Waals surface area contributed by atoms with Crippen molar-refractivity contribution in [2.75, 3.05) is 25.2 Å². The maximum atomic E-state index is 12.0. The number of carbonyl (C=O) groups is 1. The lowest BCUT2D eigenvalue weighted by Gasteiger charge is -2.27. The van der Waals surface area contributed by atoms with Gasteiger partial charge >= 0.3 is 5.97 Å². The number of likely N-dealkylation sites (N-methyl/N-ethyl adjacent to an activating group) is 1.